The molecule has 0 fully saturated rings. The number of benzene rings is 1. The van der Waals surface area contributed by atoms with E-state index in [1.54, 1.807) is 0 Å². The minimum Gasteiger partial charge on any atom is -0.389 e. The van der Waals surface area contributed by atoms with Crippen molar-refractivity contribution in [2.45, 2.75) is 19.8 Å². The molecule has 0 spiro atoms. The lowest BCUT2D eigenvalue weighted by atomic mass is 10.1. The summed E-state index contributed by atoms with van der Waals surface area (Å²) in [5.41, 5.74) is 2.39. The van der Waals surface area contributed by atoms with Gasteiger partial charge in [0.05, 0.1) is 0 Å². The third-order valence-electron chi connectivity index (χ3n) is 3.78. The zero-order valence-electron chi connectivity index (χ0n) is 14.5. The van der Waals surface area contributed by atoms with Gasteiger partial charge in [0.15, 0.2) is 0 Å². The van der Waals surface area contributed by atoms with Gasteiger partial charge in [0.1, 0.15) is 11.6 Å². The molecular weight excluding hydrogens is 316 g/mol. The van der Waals surface area contributed by atoms with E-state index in [1.165, 1.54) is 17.1 Å². The van der Waals surface area contributed by atoms with Crippen LogP contribution in [0.5, 0.6) is 0 Å². The van der Waals surface area contributed by atoms with Crippen molar-refractivity contribution in [2.24, 2.45) is 0 Å². The summed E-state index contributed by atoms with van der Waals surface area (Å²) >= 11 is 0. The third-order valence-corrected chi connectivity index (χ3v) is 3.78. The Bertz CT molecular complexity index is 758. The lowest BCUT2D eigenvalue weighted by Gasteiger charge is -2.05. The molecule has 3 N–H and O–H groups in total. The number of nitrogens with zero attached hydrogens (tertiary/aromatic N) is 1. The highest BCUT2D eigenvalue weighted by molar-refractivity contribution is 5.97. The van der Waals surface area contributed by atoms with Crippen LogP contribution in [0.15, 0.2) is 42.2 Å². The Morgan fingerprint density at radius 2 is 2.20 bits per heavy atom. The van der Waals surface area contributed by atoms with Crippen LogP contribution in [0.3, 0.4) is 0 Å². The average molecular weight is 340 g/mol. The molecule has 0 aliphatic heterocycles. The molecule has 1 aromatic carbocycles. The van der Waals surface area contributed by atoms with E-state index >= 15 is 0 Å². The van der Waals surface area contributed by atoms with Gasteiger partial charge in [-0.15, -0.1) is 0 Å². The van der Waals surface area contributed by atoms with Crippen molar-refractivity contribution < 1.29 is 9.53 Å². The number of hydrogen-bond acceptors (Lipinski definition) is 4. The Kier molecular flexibility index (Phi) is 7.54. The Hall–Kier alpha value is -2.78. The van der Waals surface area contributed by atoms with Crippen LogP contribution in [-0.2, 0) is 16.0 Å². The first-order chi connectivity index (χ1) is 12.3. The smallest absolute Gasteiger partial charge is 0.263 e. The fourth-order valence-electron chi connectivity index (χ4n) is 2.48. The number of nitriles is 1. The molecule has 0 saturated carbocycles. The first-order valence-electron chi connectivity index (χ1n) is 8.50. The second-order valence-corrected chi connectivity index (χ2v) is 5.54. The van der Waals surface area contributed by atoms with Crippen LogP contribution >= 0.6 is 0 Å². The molecule has 0 unspecified atom stereocenters. The largest absolute Gasteiger partial charge is 0.389 e. The topological polar surface area (TPSA) is 89.9 Å². The third kappa shape index (κ3) is 5.66. The number of aromatic amines is 1. The summed E-state index contributed by atoms with van der Waals surface area (Å²) in [5.74, 6) is -0.362. The summed E-state index contributed by atoms with van der Waals surface area (Å²) in [5, 5.41) is 16.1. The lowest BCUT2D eigenvalue weighted by molar-refractivity contribution is -0.117. The zero-order valence-corrected chi connectivity index (χ0v) is 14.5. The molecule has 1 amide bonds. The molecule has 6 nitrogen and oxygen atoms in total. The van der Waals surface area contributed by atoms with Crippen LogP contribution in [-0.4, -0.2) is 37.2 Å². The van der Waals surface area contributed by atoms with E-state index in [0.717, 1.165) is 18.4 Å². The van der Waals surface area contributed by atoms with Gasteiger partial charge in [-0.25, -0.2) is 0 Å². The number of fused-ring (bicyclic) bond motifs is 1. The highest BCUT2D eigenvalue weighted by atomic mass is 16.5. The summed E-state index contributed by atoms with van der Waals surface area (Å²) in [7, 11) is 0. The SMILES string of the molecule is CCOCCCNC(=O)/C(C#N)=C\NCCc1c[nH]c2ccccc12. The second kappa shape index (κ2) is 10.2. The molecule has 2 rings (SSSR count). The van der Waals surface area contributed by atoms with Gasteiger partial charge in [0.2, 0.25) is 0 Å². The number of rotatable bonds is 10. The number of hydrogen-bond donors (Lipinski definition) is 3. The number of aromatic nitrogens is 1. The van der Waals surface area contributed by atoms with Crippen LogP contribution in [0.25, 0.3) is 10.9 Å². The van der Waals surface area contributed by atoms with Gasteiger partial charge in [-0.3, -0.25) is 4.79 Å². The van der Waals surface area contributed by atoms with Crippen molar-refractivity contribution in [3.8, 4) is 6.07 Å². The van der Waals surface area contributed by atoms with E-state index in [-0.39, 0.29) is 11.5 Å². The minimum absolute atomic E-state index is 0.0790. The Labute approximate surface area is 147 Å². The Morgan fingerprint density at radius 1 is 1.36 bits per heavy atom. The maximum absolute atomic E-state index is 11.9. The number of para-hydroxylation sites is 1. The van der Waals surface area contributed by atoms with Gasteiger partial charge in [-0.1, -0.05) is 18.2 Å². The van der Waals surface area contributed by atoms with Crippen LogP contribution < -0.4 is 10.6 Å². The van der Waals surface area contributed by atoms with Gasteiger partial charge < -0.3 is 20.4 Å². The lowest BCUT2D eigenvalue weighted by Crippen LogP contribution is -2.27. The molecule has 0 aliphatic rings. The highest BCUT2D eigenvalue weighted by Gasteiger charge is 2.07. The number of amides is 1. The molecule has 1 heterocycles. The van der Waals surface area contributed by atoms with E-state index in [4.69, 9.17) is 10.00 Å². The van der Waals surface area contributed by atoms with Crippen molar-refractivity contribution in [2.75, 3.05) is 26.3 Å². The fraction of sp³-hybridized carbons (Fsp3) is 0.368. The van der Waals surface area contributed by atoms with Gasteiger partial charge in [-0.2, -0.15) is 5.26 Å². The van der Waals surface area contributed by atoms with Gasteiger partial charge in [0.25, 0.3) is 5.91 Å². The van der Waals surface area contributed by atoms with Crippen molar-refractivity contribution >= 4 is 16.8 Å². The molecule has 0 aliphatic carbocycles. The molecule has 1 aromatic heterocycles. The molecule has 25 heavy (non-hydrogen) atoms. The van der Waals surface area contributed by atoms with Crippen molar-refractivity contribution in [1.82, 2.24) is 15.6 Å². The van der Waals surface area contributed by atoms with Crippen LogP contribution in [0.1, 0.15) is 18.9 Å². The standard InChI is InChI=1S/C19H24N4O2/c1-2-25-11-5-9-22-19(24)16(12-20)13-21-10-8-15-14-23-18-7-4-3-6-17(15)18/h3-4,6-7,13-14,21,23H,2,5,8-11H2,1H3,(H,22,24)/b16-13-. The predicted octanol–water partition coefficient (Wildman–Crippen LogP) is 2.25. The van der Waals surface area contributed by atoms with Crippen molar-refractivity contribution in [1.29, 1.82) is 5.26 Å². The normalized spacial score (nSPS) is 11.3. The average Bonchev–Trinajstić information content (AvgIpc) is 3.04. The first kappa shape index (κ1) is 18.6. The van der Waals surface area contributed by atoms with Gasteiger partial charge in [-0.05, 0) is 31.4 Å². The minimum atomic E-state index is -0.362. The number of ether oxygens (including phenoxy) is 1. The van der Waals surface area contributed by atoms with E-state index < -0.39 is 0 Å². The fourth-order valence-corrected chi connectivity index (χ4v) is 2.48. The van der Waals surface area contributed by atoms with E-state index in [0.29, 0.717) is 26.3 Å². The maximum Gasteiger partial charge on any atom is 0.263 e. The number of H-pyrrole nitrogens is 1. The number of carbonyl (C=O) groups is 1. The van der Waals surface area contributed by atoms with Crippen LogP contribution in [0, 0.1) is 11.3 Å². The molecule has 0 atom stereocenters. The summed E-state index contributed by atoms with van der Waals surface area (Å²) in [6, 6.07) is 10.0. The predicted molar refractivity (Wildman–Crippen MR) is 97.8 cm³/mol. The molecule has 0 radical (unpaired) electrons. The van der Waals surface area contributed by atoms with E-state index in [1.807, 2.05) is 37.4 Å². The van der Waals surface area contributed by atoms with E-state index in [9.17, 15) is 4.79 Å². The summed E-state index contributed by atoms with van der Waals surface area (Å²) in [4.78, 5) is 15.2. The molecule has 0 bridgehead atoms. The van der Waals surface area contributed by atoms with E-state index in [2.05, 4.69) is 21.7 Å². The summed E-state index contributed by atoms with van der Waals surface area (Å²) in [6.07, 6.45) is 5.00. The second-order valence-electron chi connectivity index (χ2n) is 5.54. The number of carbonyl (C=O) groups excluding carboxylic acids is 1. The van der Waals surface area contributed by atoms with Crippen LogP contribution in [0.2, 0.25) is 0 Å². The first-order valence-corrected chi connectivity index (χ1v) is 8.50. The summed E-state index contributed by atoms with van der Waals surface area (Å²) in [6.45, 7) is 4.33. The molecule has 0 saturated heterocycles. The highest BCUT2D eigenvalue weighted by Crippen LogP contribution is 2.17. The van der Waals surface area contributed by atoms with Gasteiger partial charge >= 0.3 is 0 Å². The van der Waals surface area contributed by atoms with Crippen molar-refractivity contribution in [3.05, 3.63) is 47.8 Å². The number of nitrogens with one attached hydrogen (secondary N) is 3. The maximum atomic E-state index is 11.9. The molecule has 6 heteroatoms. The molecular formula is C19H24N4O2. The Morgan fingerprint density at radius 3 is 3.00 bits per heavy atom. The Balaban J connectivity index is 1.77. The van der Waals surface area contributed by atoms with Crippen LogP contribution in [0.4, 0.5) is 0 Å². The quantitative estimate of drug-likeness (QED) is 0.351. The van der Waals surface area contributed by atoms with Crippen molar-refractivity contribution in [3.63, 3.8) is 0 Å². The molecule has 132 valence electrons. The summed E-state index contributed by atoms with van der Waals surface area (Å²) < 4.78 is 5.20. The zero-order chi connectivity index (χ0) is 17.9. The monoisotopic (exact) mass is 340 g/mol. The van der Waals surface area contributed by atoms with Gasteiger partial charge in [0, 0.05) is 49.6 Å². The molecule has 2 aromatic rings.